The lowest BCUT2D eigenvalue weighted by atomic mass is 9.88. The molecule has 0 aliphatic carbocycles. The first kappa shape index (κ1) is 19.0. The first-order chi connectivity index (χ1) is 13.1. The molecule has 27 heavy (non-hydrogen) atoms. The topological polar surface area (TPSA) is 18.5 Å². The van der Waals surface area contributed by atoms with Gasteiger partial charge in [0.2, 0.25) is 0 Å². The van der Waals surface area contributed by atoms with E-state index in [1.807, 2.05) is 12.1 Å². The van der Waals surface area contributed by atoms with Crippen LogP contribution in [0.15, 0.2) is 48.5 Å². The van der Waals surface area contributed by atoms with Crippen molar-refractivity contribution in [2.24, 2.45) is 0 Å². The molecule has 0 N–H and O–H groups in total. The van der Waals surface area contributed by atoms with Gasteiger partial charge in [0.1, 0.15) is 11.5 Å². The molecular weight excluding hydrogens is 332 g/mol. The molecule has 0 saturated carbocycles. The van der Waals surface area contributed by atoms with Crippen LogP contribution in [0.25, 0.3) is 22.3 Å². The third-order valence-electron chi connectivity index (χ3n) is 4.97. The van der Waals surface area contributed by atoms with Crippen molar-refractivity contribution < 1.29 is 9.47 Å². The van der Waals surface area contributed by atoms with Gasteiger partial charge in [-0.2, -0.15) is 0 Å². The number of benzene rings is 3. The molecule has 139 valence electrons. The van der Waals surface area contributed by atoms with E-state index in [0.29, 0.717) is 0 Å². The molecule has 0 fully saturated rings. The van der Waals surface area contributed by atoms with Gasteiger partial charge in [0.25, 0.3) is 0 Å². The number of methoxy groups -OCH3 is 2. The van der Waals surface area contributed by atoms with E-state index >= 15 is 0 Å². The van der Waals surface area contributed by atoms with Crippen molar-refractivity contribution in [1.82, 2.24) is 0 Å². The van der Waals surface area contributed by atoms with Crippen molar-refractivity contribution in [3.05, 3.63) is 71.3 Å². The van der Waals surface area contributed by atoms with Crippen molar-refractivity contribution in [1.29, 1.82) is 0 Å². The molecule has 0 amide bonds. The summed E-state index contributed by atoms with van der Waals surface area (Å²) >= 11 is 0. The van der Waals surface area contributed by atoms with Crippen LogP contribution in [0.1, 0.15) is 30.0 Å². The van der Waals surface area contributed by atoms with Gasteiger partial charge >= 0.3 is 0 Å². The van der Waals surface area contributed by atoms with Gasteiger partial charge < -0.3 is 9.47 Å². The third-order valence-corrected chi connectivity index (χ3v) is 4.97. The quantitative estimate of drug-likeness (QED) is 0.506. The van der Waals surface area contributed by atoms with Crippen molar-refractivity contribution in [2.75, 3.05) is 14.2 Å². The molecule has 0 saturated heterocycles. The van der Waals surface area contributed by atoms with E-state index in [1.54, 1.807) is 14.2 Å². The van der Waals surface area contributed by atoms with Crippen molar-refractivity contribution >= 4 is 0 Å². The van der Waals surface area contributed by atoms with Crippen molar-refractivity contribution in [3.63, 3.8) is 0 Å². The average Bonchev–Trinajstić information content (AvgIpc) is 2.68. The van der Waals surface area contributed by atoms with Crippen LogP contribution in [-0.4, -0.2) is 14.2 Å². The zero-order chi connectivity index (χ0) is 19.4. The standard InChI is InChI=1S/C25H27O2/c1-6-8-19-9-7-10-22(20-11-13-23(26-4)17(2)15-20)25(19)21-12-14-24(27-5)18(3)16-21/h7,10-16H,6,8H2,1-5H3. The maximum atomic E-state index is 5.45. The van der Waals surface area contributed by atoms with Gasteiger partial charge in [0.05, 0.1) is 14.2 Å². The van der Waals surface area contributed by atoms with Gasteiger partial charge in [-0.25, -0.2) is 0 Å². The Kier molecular flexibility index (Phi) is 5.85. The zero-order valence-electron chi connectivity index (χ0n) is 16.8. The number of hydrogen-bond donors (Lipinski definition) is 0. The third kappa shape index (κ3) is 3.85. The highest BCUT2D eigenvalue weighted by molar-refractivity contribution is 5.86. The van der Waals surface area contributed by atoms with Gasteiger partial charge in [0.15, 0.2) is 0 Å². The molecule has 0 atom stereocenters. The van der Waals surface area contributed by atoms with E-state index in [-0.39, 0.29) is 0 Å². The normalized spacial score (nSPS) is 10.7. The summed E-state index contributed by atoms with van der Waals surface area (Å²) in [5.74, 6) is 1.83. The van der Waals surface area contributed by atoms with Crippen LogP contribution in [0.4, 0.5) is 0 Å². The number of ether oxygens (including phenoxy) is 2. The first-order valence-corrected chi connectivity index (χ1v) is 9.42. The Labute approximate surface area is 162 Å². The smallest absolute Gasteiger partial charge is 0.121 e. The molecule has 0 aliphatic heterocycles. The maximum Gasteiger partial charge on any atom is 0.121 e. The predicted molar refractivity (Wildman–Crippen MR) is 113 cm³/mol. The summed E-state index contributed by atoms with van der Waals surface area (Å²) in [6.45, 7) is 6.38. The van der Waals surface area contributed by atoms with E-state index in [9.17, 15) is 0 Å². The van der Waals surface area contributed by atoms with Gasteiger partial charge in [-0.05, 0) is 89.5 Å². The molecule has 3 aromatic carbocycles. The second kappa shape index (κ2) is 8.30. The highest BCUT2D eigenvalue weighted by Gasteiger charge is 2.14. The van der Waals surface area contributed by atoms with Crippen LogP contribution in [0.5, 0.6) is 11.5 Å². The highest BCUT2D eigenvalue weighted by atomic mass is 16.5. The second-order valence-corrected chi connectivity index (χ2v) is 6.86. The lowest BCUT2D eigenvalue weighted by molar-refractivity contribution is 0.411. The molecule has 3 aromatic rings. The fourth-order valence-electron chi connectivity index (χ4n) is 3.64. The second-order valence-electron chi connectivity index (χ2n) is 6.86. The summed E-state index contributed by atoms with van der Waals surface area (Å²) in [6.07, 6.45) is 2.09. The Morgan fingerprint density at radius 3 is 1.96 bits per heavy atom. The monoisotopic (exact) mass is 359 g/mol. The summed E-state index contributed by atoms with van der Waals surface area (Å²) in [5.41, 5.74) is 8.42. The van der Waals surface area contributed by atoms with E-state index in [4.69, 9.17) is 9.47 Å². The van der Waals surface area contributed by atoms with E-state index in [2.05, 4.69) is 63.2 Å². The molecule has 0 spiro atoms. The molecule has 2 heteroatoms. The fourth-order valence-corrected chi connectivity index (χ4v) is 3.64. The van der Waals surface area contributed by atoms with Gasteiger partial charge in [-0.15, -0.1) is 0 Å². The van der Waals surface area contributed by atoms with Crippen LogP contribution >= 0.6 is 0 Å². The van der Waals surface area contributed by atoms with Gasteiger partial charge in [-0.3, -0.25) is 0 Å². The van der Waals surface area contributed by atoms with Gasteiger partial charge in [0, 0.05) is 0 Å². The minimum Gasteiger partial charge on any atom is -0.496 e. The Bertz CT molecular complexity index is 941. The fraction of sp³-hybridized carbons (Fsp3) is 0.280. The molecule has 2 nitrogen and oxygen atoms in total. The molecule has 3 rings (SSSR count). The van der Waals surface area contributed by atoms with E-state index in [0.717, 1.165) is 35.5 Å². The highest BCUT2D eigenvalue weighted by Crippen LogP contribution is 2.38. The molecule has 0 heterocycles. The average molecular weight is 359 g/mol. The molecule has 0 unspecified atom stereocenters. The van der Waals surface area contributed by atoms with Crippen LogP contribution in [0.3, 0.4) is 0 Å². The lowest BCUT2D eigenvalue weighted by Crippen LogP contribution is -1.96. The largest absolute Gasteiger partial charge is 0.496 e. The summed E-state index contributed by atoms with van der Waals surface area (Å²) in [6, 6.07) is 20.5. The Morgan fingerprint density at radius 2 is 1.41 bits per heavy atom. The van der Waals surface area contributed by atoms with Gasteiger partial charge in [-0.1, -0.05) is 37.6 Å². The molecule has 0 bridgehead atoms. The Hall–Kier alpha value is -2.74. The molecule has 0 aromatic heterocycles. The number of rotatable bonds is 6. The lowest BCUT2D eigenvalue weighted by Gasteiger charge is -2.17. The predicted octanol–water partition coefficient (Wildman–Crippen LogP) is 6.41. The summed E-state index contributed by atoms with van der Waals surface area (Å²) in [4.78, 5) is 0. The summed E-state index contributed by atoms with van der Waals surface area (Å²) < 4.78 is 10.9. The minimum atomic E-state index is 0.914. The van der Waals surface area contributed by atoms with Crippen LogP contribution in [0.2, 0.25) is 0 Å². The maximum absolute atomic E-state index is 5.45. The van der Waals surface area contributed by atoms with Crippen LogP contribution < -0.4 is 9.47 Å². The molecule has 0 aliphatic rings. The van der Waals surface area contributed by atoms with Crippen molar-refractivity contribution in [2.45, 2.75) is 33.6 Å². The minimum absolute atomic E-state index is 0.914. The van der Waals surface area contributed by atoms with Crippen molar-refractivity contribution in [3.8, 4) is 33.8 Å². The molecular formula is C25H27O2. The first-order valence-electron chi connectivity index (χ1n) is 9.42. The van der Waals surface area contributed by atoms with E-state index < -0.39 is 0 Å². The van der Waals surface area contributed by atoms with E-state index in [1.165, 1.54) is 27.8 Å². The molecule has 1 radical (unpaired) electrons. The number of hydrogen-bond acceptors (Lipinski definition) is 2. The number of aryl methyl sites for hydroxylation is 3. The Morgan fingerprint density at radius 1 is 0.815 bits per heavy atom. The summed E-state index contributed by atoms with van der Waals surface area (Å²) in [5, 5.41) is 0. The SMILES string of the molecule is CCCc1[c]ccc(-c2ccc(OC)c(C)c2)c1-c1ccc(OC)c(C)c1. The van der Waals surface area contributed by atoms with Crippen LogP contribution in [-0.2, 0) is 6.42 Å². The van der Waals surface area contributed by atoms with Crippen LogP contribution in [0, 0.1) is 19.9 Å². The summed E-state index contributed by atoms with van der Waals surface area (Å²) in [7, 11) is 3.43. The Balaban J connectivity index is 2.22. The zero-order valence-corrected chi connectivity index (χ0v) is 16.8.